The SMILES string of the molecule is C=CCN1C(=O)C(=Cc2ccc(OCc3cccc(Cl)c3)c(OC)c2)SC1=S. The van der Waals surface area contributed by atoms with Crippen LogP contribution in [0.4, 0.5) is 0 Å². The van der Waals surface area contributed by atoms with Crippen molar-refractivity contribution < 1.29 is 14.3 Å². The molecule has 0 N–H and O–H groups in total. The van der Waals surface area contributed by atoms with Gasteiger partial charge in [0.25, 0.3) is 5.91 Å². The lowest BCUT2D eigenvalue weighted by Gasteiger charge is -2.12. The molecule has 0 saturated carbocycles. The van der Waals surface area contributed by atoms with Crippen molar-refractivity contribution in [3.63, 3.8) is 0 Å². The summed E-state index contributed by atoms with van der Waals surface area (Å²) in [5.41, 5.74) is 1.79. The van der Waals surface area contributed by atoms with Gasteiger partial charge in [0.2, 0.25) is 0 Å². The number of amides is 1. The van der Waals surface area contributed by atoms with Gasteiger partial charge in [-0.1, -0.05) is 59.9 Å². The molecule has 0 atom stereocenters. The van der Waals surface area contributed by atoms with Gasteiger partial charge >= 0.3 is 0 Å². The summed E-state index contributed by atoms with van der Waals surface area (Å²) in [4.78, 5) is 14.6. The van der Waals surface area contributed by atoms with Crippen LogP contribution in [0.3, 0.4) is 0 Å². The third-order valence-corrected chi connectivity index (χ3v) is 5.57. The lowest BCUT2D eigenvalue weighted by molar-refractivity contribution is -0.121. The molecule has 4 nitrogen and oxygen atoms in total. The van der Waals surface area contributed by atoms with Crippen LogP contribution in [0.1, 0.15) is 11.1 Å². The van der Waals surface area contributed by atoms with E-state index in [1.165, 1.54) is 16.7 Å². The van der Waals surface area contributed by atoms with E-state index >= 15 is 0 Å². The zero-order chi connectivity index (χ0) is 20.1. The highest BCUT2D eigenvalue weighted by atomic mass is 35.5. The standard InChI is InChI=1S/C21H18ClNO3S2/c1-3-9-23-20(24)19(28-21(23)27)12-14-7-8-17(18(11-14)25-2)26-13-15-5-4-6-16(22)10-15/h3-8,10-12H,1,9,13H2,2H3. The summed E-state index contributed by atoms with van der Waals surface area (Å²) in [5.74, 6) is 1.08. The highest BCUT2D eigenvalue weighted by Crippen LogP contribution is 2.35. The first kappa shape index (κ1) is 20.5. The molecule has 144 valence electrons. The van der Waals surface area contributed by atoms with E-state index in [9.17, 15) is 4.79 Å². The van der Waals surface area contributed by atoms with E-state index in [1.54, 1.807) is 19.3 Å². The average Bonchev–Trinajstić information content (AvgIpc) is 2.94. The van der Waals surface area contributed by atoms with Gasteiger partial charge in [-0.15, -0.1) is 6.58 Å². The maximum atomic E-state index is 12.5. The molecule has 0 radical (unpaired) electrons. The van der Waals surface area contributed by atoms with Gasteiger partial charge in [-0.05, 0) is 41.5 Å². The summed E-state index contributed by atoms with van der Waals surface area (Å²) in [5, 5.41) is 0.664. The fourth-order valence-electron chi connectivity index (χ4n) is 2.62. The van der Waals surface area contributed by atoms with Crippen LogP contribution in [0.2, 0.25) is 5.02 Å². The van der Waals surface area contributed by atoms with Crippen molar-refractivity contribution in [2.75, 3.05) is 13.7 Å². The molecular formula is C21H18ClNO3S2. The Kier molecular flexibility index (Phi) is 6.78. The van der Waals surface area contributed by atoms with Crippen LogP contribution in [0.25, 0.3) is 6.08 Å². The number of halogens is 1. The number of methoxy groups -OCH3 is 1. The Morgan fingerprint density at radius 1 is 1.25 bits per heavy atom. The molecule has 0 aliphatic carbocycles. The minimum atomic E-state index is -0.116. The normalized spacial score (nSPS) is 15.2. The van der Waals surface area contributed by atoms with Crippen molar-refractivity contribution >= 4 is 51.9 Å². The van der Waals surface area contributed by atoms with Crippen LogP contribution in [-0.2, 0) is 11.4 Å². The molecule has 1 amide bonds. The molecule has 1 saturated heterocycles. The molecule has 0 spiro atoms. The maximum absolute atomic E-state index is 12.5. The Morgan fingerprint density at radius 3 is 2.79 bits per heavy atom. The number of rotatable bonds is 7. The number of carbonyl (C=O) groups excluding carboxylic acids is 1. The van der Waals surface area contributed by atoms with Crippen LogP contribution in [0, 0.1) is 0 Å². The molecule has 28 heavy (non-hydrogen) atoms. The predicted octanol–water partition coefficient (Wildman–Crippen LogP) is 5.31. The van der Waals surface area contributed by atoms with Crippen LogP contribution in [-0.4, -0.2) is 28.8 Å². The highest BCUT2D eigenvalue weighted by molar-refractivity contribution is 8.26. The molecule has 3 rings (SSSR count). The summed E-state index contributed by atoms with van der Waals surface area (Å²) < 4.78 is 11.8. The van der Waals surface area contributed by atoms with Crippen molar-refractivity contribution in [1.29, 1.82) is 0 Å². The fourth-order valence-corrected chi connectivity index (χ4v) is 4.11. The van der Waals surface area contributed by atoms with Crippen molar-refractivity contribution in [1.82, 2.24) is 4.90 Å². The molecule has 0 aromatic heterocycles. The minimum absolute atomic E-state index is 0.116. The monoisotopic (exact) mass is 431 g/mol. The smallest absolute Gasteiger partial charge is 0.266 e. The molecule has 1 fully saturated rings. The van der Waals surface area contributed by atoms with E-state index < -0.39 is 0 Å². The van der Waals surface area contributed by atoms with E-state index in [0.717, 1.165) is 11.1 Å². The predicted molar refractivity (Wildman–Crippen MR) is 119 cm³/mol. The summed E-state index contributed by atoms with van der Waals surface area (Å²) in [6.45, 7) is 4.43. The van der Waals surface area contributed by atoms with Gasteiger partial charge < -0.3 is 9.47 Å². The zero-order valence-electron chi connectivity index (χ0n) is 15.2. The fraction of sp³-hybridized carbons (Fsp3) is 0.143. The molecule has 1 aliphatic rings. The number of ether oxygens (including phenoxy) is 2. The minimum Gasteiger partial charge on any atom is -0.493 e. The second-order valence-electron chi connectivity index (χ2n) is 5.91. The molecule has 1 heterocycles. The first-order valence-electron chi connectivity index (χ1n) is 8.43. The second-order valence-corrected chi connectivity index (χ2v) is 8.02. The van der Waals surface area contributed by atoms with E-state index in [-0.39, 0.29) is 5.91 Å². The molecule has 7 heteroatoms. The average molecular weight is 432 g/mol. The molecular weight excluding hydrogens is 414 g/mol. The first-order valence-corrected chi connectivity index (χ1v) is 10.0. The molecule has 0 unspecified atom stereocenters. The number of benzene rings is 2. The number of hydrogen-bond acceptors (Lipinski definition) is 5. The van der Waals surface area contributed by atoms with Gasteiger partial charge in [0.15, 0.2) is 11.5 Å². The molecule has 2 aromatic carbocycles. The van der Waals surface area contributed by atoms with Crippen LogP contribution in [0.15, 0.2) is 60.0 Å². The number of thioether (sulfide) groups is 1. The van der Waals surface area contributed by atoms with E-state index in [4.69, 9.17) is 33.3 Å². The lowest BCUT2D eigenvalue weighted by Crippen LogP contribution is -2.27. The van der Waals surface area contributed by atoms with Crippen molar-refractivity contribution in [2.24, 2.45) is 0 Å². The number of hydrogen-bond donors (Lipinski definition) is 0. The second kappa shape index (κ2) is 9.28. The van der Waals surface area contributed by atoms with Gasteiger partial charge in [-0.3, -0.25) is 9.69 Å². The maximum Gasteiger partial charge on any atom is 0.266 e. The van der Waals surface area contributed by atoms with Gasteiger partial charge in [-0.25, -0.2) is 0 Å². The Hall–Kier alpha value is -2.28. The summed E-state index contributed by atoms with van der Waals surface area (Å²) in [6.07, 6.45) is 3.45. The van der Waals surface area contributed by atoms with E-state index in [0.29, 0.717) is 38.9 Å². The van der Waals surface area contributed by atoms with E-state index in [1.807, 2.05) is 42.5 Å². The number of nitrogens with zero attached hydrogens (tertiary/aromatic N) is 1. The Bertz CT molecular complexity index is 958. The van der Waals surface area contributed by atoms with Crippen molar-refractivity contribution in [3.8, 4) is 11.5 Å². The Morgan fingerprint density at radius 2 is 2.07 bits per heavy atom. The summed E-state index contributed by atoms with van der Waals surface area (Å²) in [7, 11) is 1.58. The number of carbonyl (C=O) groups is 1. The van der Waals surface area contributed by atoms with Gasteiger partial charge in [0, 0.05) is 11.6 Å². The molecule has 0 bridgehead atoms. The molecule has 2 aromatic rings. The third kappa shape index (κ3) is 4.76. The largest absolute Gasteiger partial charge is 0.493 e. The van der Waals surface area contributed by atoms with Gasteiger partial charge in [0.1, 0.15) is 10.9 Å². The third-order valence-electron chi connectivity index (χ3n) is 3.95. The van der Waals surface area contributed by atoms with Crippen molar-refractivity contribution in [2.45, 2.75) is 6.61 Å². The van der Waals surface area contributed by atoms with Crippen LogP contribution in [0.5, 0.6) is 11.5 Å². The lowest BCUT2D eigenvalue weighted by atomic mass is 10.1. The van der Waals surface area contributed by atoms with Gasteiger partial charge in [-0.2, -0.15) is 0 Å². The van der Waals surface area contributed by atoms with Crippen LogP contribution >= 0.6 is 35.6 Å². The zero-order valence-corrected chi connectivity index (χ0v) is 17.6. The Labute approximate surface area is 178 Å². The topological polar surface area (TPSA) is 38.8 Å². The quantitative estimate of drug-likeness (QED) is 0.337. The van der Waals surface area contributed by atoms with Gasteiger partial charge in [0.05, 0.1) is 12.0 Å². The summed E-state index contributed by atoms with van der Waals surface area (Å²) in [6, 6.07) is 13.0. The molecule has 1 aliphatic heterocycles. The first-order chi connectivity index (χ1) is 13.5. The Balaban J connectivity index is 1.77. The number of thiocarbonyl (C=S) groups is 1. The highest BCUT2D eigenvalue weighted by Gasteiger charge is 2.30. The van der Waals surface area contributed by atoms with Crippen LogP contribution < -0.4 is 9.47 Å². The van der Waals surface area contributed by atoms with E-state index in [2.05, 4.69) is 6.58 Å². The summed E-state index contributed by atoms with van der Waals surface area (Å²) >= 11 is 12.5. The van der Waals surface area contributed by atoms with Crippen molar-refractivity contribution in [3.05, 3.63) is 76.2 Å².